The monoisotopic (exact) mass is 402 g/mol. The Kier molecular flexibility index (Phi) is 7.78. The number of benzene rings is 3. The zero-order valence-electron chi connectivity index (χ0n) is 16.8. The van der Waals surface area contributed by atoms with E-state index in [1.54, 1.807) is 0 Å². The average Bonchev–Trinajstić information content (AvgIpc) is 2.78. The van der Waals surface area contributed by atoms with Crippen LogP contribution in [0.15, 0.2) is 91.0 Å². The van der Waals surface area contributed by atoms with Gasteiger partial charge in [0.05, 0.1) is 11.8 Å². The third-order valence-corrected chi connectivity index (χ3v) is 5.13. The smallest absolute Gasteiger partial charge is 0.309 e. The molecular formula is C26H26O4. The minimum absolute atomic E-state index is 0.182. The molecule has 0 fully saturated rings. The van der Waals surface area contributed by atoms with E-state index in [1.165, 1.54) is 0 Å². The van der Waals surface area contributed by atoms with Gasteiger partial charge in [0, 0.05) is 0 Å². The maximum absolute atomic E-state index is 12.9. The minimum atomic E-state index is -0.896. The molecule has 3 rings (SSSR count). The van der Waals surface area contributed by atoms with Crippen LogP contribution in [0, 0.1) is 11.8 Å². The van der Waals surface area contributed by atoms with Crippen LogP contribution < -0.4 is 0 Å². The number of carboxylic acid groups (broad SMARTS) is 1. The molecule has 1 N–H and O–H groups in total. The lowest BCUT2D eigenvalue weighted by molar-refractivity contribution is -0.151. The Morgan fingerprint density at radius 3 is 1.57 bits per heavy atom. The molecule has 0 saturated heterocycles. The number of carbonyl (C=O) groups excluding carboxylic acids is 1. The zero-order valence-corrected chi connectivity index (χ0v) is 16.8. The summed E-state index contributed by atoms with van der Waals surface area (Å²) in [6.45, 7) is 0.182. The van der Waals surface area contributed by atoms with E-state index in [-0.39, 0.29) is 19.0 Å². The quantitative estimate of drug-likeness (QED) is 0.489. The van der Waals surface area contributed by atoms with Crippen molar-refractivity contribution in [2.45, 2.75) is 25.9 Å². The highest BCUT2D eigenvalue weighted by Gasteiger charge is 2.29. The third kappa shape index (κ3) is 6.59. The third-order valence-electron chi connectivity index (χ3n) is 5.13. The maximum Gasteiger partial charge on any atom is 0.309 e. The summed E-state index contributed by atoms with van der Waals surface area (Å²) in [6.07, 6.45) is 1.06. The van der Waals surface area contributed by atoms with Crippen molar-refractivity contribution in [3.05, 3.63) is 108 Å². The van der Waals surface area contributed by atoms with Gasteiger partial charge in [0.2, 0.25) is 0 Å². The van der Waals surface area contributed by atoms with Crippen LogP contribution in [-0.4, -0.2) is 17.0 Å². The van der Waals surface area contributed by atoms with Crippen LogP contribution in [0.1, 0.15) is 23.1 Å². The van der Waals surface area contributed by atoms with Crippen LogP contribution in [0.2, 0.25) is 0 Å². The molecular weight excluding hydrogens is 376 g/mol. The van der Waals surface area contributed by atoms with Gasteiger partial charge in [-0.2, -0.15) is 0 Å². The molecule has 0 aromatic heterocycles. The Morgan fingerprint density at radius 2 is 1.10 bits per heavy atom. The molecule has 0 aliphatic rings. The largest absolute Gasteiger partial charge is 0.481 e. The van der Waals surface area contributed by atoms with Crippen LogP contribution in [0.4, 0.5) is 0 Å². The van der Waals surface area contributed by atoms with E-state index in [4.69, 9.17) is 4.74 Å². The van der Waals surface area contributed by atoms with Gasteiger partial charge in [-0.25, -0.2) is 0 Å². The van der Waals surface area contributed by atoms with Crippen LogP contribution in [0.5, 0.6) is 0 Å². The number of carboxylic acids is 1. The number of ether oxygens (including phenoxy) is 1. The van der Waals surface area contributed by atoms with Gasteiger partial charge in [-0.05, 0) is 36.0 Å². The summed E-state index contributed by atoms with van der Waals surface area (Å²) in [5.74, 6) is -2.44. The Hall–Kier alpha value is -3.40. The maximum atomic E-state index is 12.9. The van der Waals surface area contributed by atoms with Crippen molar-refractivity contribution in [3.63, 3.8) is 0 Å². The van der Waals surface area contributed by atoms with Crippen LogP contribution in [0.25, 0.3) is 0 Å². The van der Waals surface area contributed by atoms with Crippen molar-refractivity contribution < 1.29 is 19.4 Å². The molecule has 4 nitrogen and oxygen atoms in total. The second kappa shape index (κ2) is 11.0. The zero-order chi connectivity index (χ0) is 21.2. The molecule has 0 amide bonds. The van der Waals surface area contributed by atoms with E-state index >= 15 is 0 Å². The highest BCUT2D eigenvalue weighted by atomic mass is 16.5. The molecule has 0 radical (unpaired) electrons. The topological polar surface area (TPSA) is 63.6 Å². The first-order valence-corrected chi connectivity index (χ1v) is 10.1. The molecule has 30 heavy (non-hydrogen) atoms. The predicted octanol–water partition coefficient (Wildman–Crippen LogP) is 4.92. The van der Waals surface area contributed by atoms with Gasteiger partial charge >= 0.3 is 11.9 Å². The lowest BCUT2D eigenvalue weighted by Crippen LogP contribution is -2.27. The SMILES string of the molecule is O=C(O)[C@@H](Cc1ccccc1)C[C@H](Cc1ccccc1)C(=O)OCc1ccccc1. The Morgan fingerprint density at radius 1 is 0.667 bits per heavy atom. The van der Waals surface area contributed by atoms with Crippen LogP contribution in [-0.2, 0) is 33.8 Å². The molecule has 3 aromatic carbocycles. The summed E-state index contributed by atoms with van der Waals surface area (Å²) in [7, 11) is 0. The Labute approximate surface area is 177 Å². The summed E-state index contributed by atoms with van der Waals surface area (Å²) in [5, 5.41) is 9.79. The molecule has 154 valence electrons. The fourth-order valence-corrected chi connectivity index (χ4v) is 3.52. The van der Waals surface area contributed by atoms with Gasteiger partial charge in [0.1, 0.15) is 6.61 Å². The van der Waals surface area contributed by atoms with E-state index in [1.807, 2.05) is 91.0 Å². The first-order valence-electron chi connectivity index (χ1n) is 10.1. The summed E-state index contributed by atoms with van der Waals surface area (Å²) in [4.78, 5) is 24.9. The molecule has 0 spiro atoms. The van der Waals surface area contributed by atoms with Gasteiger partial charge < -0.3 is 9.84 Å². The second-order valence-electron chi connectivity index (χ2n) is 7.44. The summed E-state index contributed by atoms with van der Waals surface area (Å²) >= 11 is 0. The highest BCUT2D eigenvalue weighted by Crippen LogP contribution is 2.23. The van der Waals surface area contributed by atoms with Crippen molar-refractivity contribution in [2.24, 2.45) is 11.8 Å². The molecule has 0 heterocycles. The lowest BCUT2D eigenvalue weighted by Gasteiger charge is -2.20. The van der Waals surface area contributed by atoms with Gasteiger partial charge in [0.15, 0.2) is 0 Å². The average molecular weight is 402 g/mol. The van der Waals surface area contributed by atoms with Gasteiger partial charge in [-0.3, -0.25) is 9.59 Å². The van der Waals surface area contributed by atoms with Gasteiger partial charge in [-0.1, -0.05) is 91.0 Å². The Balaban J connectivity index is 1.73. The van der Waals surface area contributed by atoms with E-state index < -0.39 is 17.8 Å². The van der Waals surface area contributed by atoms with Gasteiger partial charge in [-0.15, -0.1) is 0 Å². The van der Waals surface area contributed by atoms with Crippen molar-refractivity contribution in [1.29, 1.82) is 0 Å². The summed E-state index contributed by atoms with van der Waals surface area (Å²) < 4.78 is 5.56. The minimum Gasteiger partial charge on any atom is -0.481 e. The standard InChI is InChI=1S/C26H26O4/c27-25(28)23(16-20-10-4-1-5-11-20)18-24(17-21-12-6-2-7-13-21)26(29)30-19-22-14-8-3-9-15-22/h1-15,23-24H,16-19H2,(H,27,28)/t23-,24-/m0/s1. The van der Waals surface area contributed by atoms with Crippen molar-refractivity contribution >= 4 is 11.9 Å². The number of aliphatic carboxylic acids is 1. The molecule has 0 aliphatic heterocycles. The molecule has 3 aromatic rings. The first-order chi connectivity index (χ1) is 14.6. The molecule has 0 aliphatic carbocycles. The molecule has 0 saturated carbocycles. The van der Waals surface area contributed by atoms with Crippen molar-refractivity contribution in [1.82, 2.24) is 0 Å². The summed E-state index contributed by atoms with van der Waals surface area (Å²) in [5.41, 5.74) is 2.84. The number of esters is 1. The van der Waals surface area contributed by atoms with Crippen LogP contribution >= 0.6 is 0 Å². The number of hydrogen-bond acceptors (Lipinski definition) is 3. The molecule has 2 atom stereocenters. The van der Waals surface area contributed by atoms with E-state index in [0.29, 0.717) is 12.8 Å². The fraction of sp³-hybridized carbons (Fsp3) is 0.231. The van der Waals surface area contributed by atoms with Crippen LogP contribution in [0.3, 0.4) is 0 Å². The fourth-order valence-electron chi connectivity index (χ4n) is 3.52. The van der Waals surface area contributed by atoms with E-state index in [2.05, 4.69) is 0 Å². The molecule has 0 unspecified atom stereocenters. The second-order valence-corrected chi connectivity index (χ2v) is 7.44. The van der Waals surface area contributed by atoms with Gasteiger partial charge in [0.25, 0.3) is 0 Å². The lowest BCUT2D eigenvalue weighted by atomic mass is 9.86. The van der Waals surface area contributed by atoms with E-state index in [9.17, 15) is 14.7 Å². The van der Waals surface area contributed by atoms with Crippen molar-refractivity contribution in [2.75, 3.05) is 0 Å². The first kappa shape index (κ1) is 21.3. The number of rotatable bonds is 10. The normalized spacial score (nSPS) is 12.7. The number of hydrogen-bond donors (Lipinski definition) is 1. The van der Waals surface area contributed by atoms with Crippen molar-refractivity contribution in [3.8, 4) is 0 Å². The summed E-state index contributed by atoms with van der Waals surface area (Å²) in [6, 6.07) is 28.7. The van der Waals surface area contributed by atoms with E-state index in [0.717, 1.165) is 16.7 Å². The molecule has 0 bridgehead atoms. The highest BCUT2D eigenvalue weighted by molar-refractivity contribution is 5.75. The number of carbonyl (C=O) groups is 2. The Bertz CT molecular complexity index is 923. The molecule has 4 heteroatoms. The predicted molar refractivity (Wildman–Crippen MR) is 116 cm³/mol.